The SMILES string of the molecule is CCc1cc(C)c(-c2cc(C)c(C)cc2C)cc1C. The summed E-state index contributed by atoms with van der Waals surface area (Å²) < 4.78 is 0. The maximum Gasteiger partial charge on any atom is -0.0149 e. The fourth-order valence-electron chi connectivity index (χ4n) is 2.80. The summed E-state index contributed by atoms with van der Waals surface area (Å²) in [5, 5.41) is 0. The van der Waals surface area contributed by atoms with Crippen LogP contribution >= 0.6 is 0 Å². The second-order valence-corrected chi connectivity index (χ2v) is 5.70. The molecule has 19 heavy (non-hydrogen) atoms. The first-order valence-corrected chi connectivity index (χ1v) is 7.12. The minimum absolute atomic E-state index is 1.11. The lowest BCUT2D eigenvalue weighted by atomic mass is 9.90. The molecule has 0 aliphatic carbocycles. The molecular formula is C19H24. The molecule has 2 rings (SSSR count). The van der Waals surface area contributed by atoms with Gasteiger partial charge < -0.3 is 0 Å². The molecule has 0 bridgehead atoms. The first-order valence-electron chi connectivity index (χ1n) is 7.12. The molecule has 0 radical (unpaired) electrons. The minimum atomic E-state index is 1.11. The molecule has 0 saturated heterocycles. The predicted octanol–water partition coefficient (Wildman–Crippen LogP) is 5.46. The first-order chi connectivity index (χ1) is 8.93. The molecule has 0 aromatic heterocycles. The van der Waals surface area contributed by atoms with Crippen LogP contribution in [0.5, 0.6) is 0 Å². The van der Waals surface area contributed by atoms with Crippen LogP contribution in [-0.2, 0) is 6.42 Å². The number of benzene rings is 2. The number of aryl methyl sites for hydroxylation is 6. The Kier molecular flexibility index (Phi) is 3.80. The standard InChI is InChI=1S/C19H24/c1-7-17-9-16(6)19(11-14(17)4)18-10-13(3)12(2)8-15(18)5/h8-11H,7H2,1-6H3. The summed E-state index contributed by atoms with van der Waals surface area (Å²) in [5.74, 6) is 0. The van der Waals surface area contributed by atoms with E-state index in [-0.39, 0.29) is 0 Å². The van der Waals surface area contributed by atoms with Gasteiger partial charge in [0.2, 0.25) is 0 Å². The van der Waals surface area contributed by atoms with Crippen LogP contribution in [0, 0.1) is 34.6 Å². The van der Waals surface area contributed by atoms with Crippen LogP contribution in [0.2, 0.25) is 0 Å². The Hall–Kier alpha value is -1.56. The van der Waals surface area contributed by atoms with E-state index in [0.717, 1.165) is 6.42 Å². The normalized spacial score (nSPS) is 10.8. The lowest BCUT2D eigenvalue weighted by molar-refractivity contribution is 1.10. The van der Waals surface area contributed by atoms with Gasteiger partial charge in [0.15, 0.2) is 0 Å². The van der Waals surface area contributed by atoms with E-state index in [2.05, 4.69) is 65.8 Å². The fourth-order valence-corrected chi connectivity index (χ4v) is 2.80. The van der Waals surface area contributed by atoms with E-state index in [4.69, 9.17) is 0 Å². The Morgan fingerprint density at radius 3 is 1.63 bits per heavy atom. The Balaban J connectivity index is 2.65. The fraction of sp³-hybridized carbons (Fsp3) is 0.368. The monoisotopic (exact) mass is 252 g/mol. The van der Waals surface area contributed by atoms with Gasteiger partial charge in [0.1, 0.15) is 0 Å². The third-order valence-electron chi connectivity index (χ3n) is 4.19. The van der Waals surface area contributed by atoms with Crippen molar-refractivity contribution in [1.29, 1.82) is 0 Å². The van der Waals surface area contributed by atoms with E-state index < -0.39 is 0 Å². The molecule has 0 heterocycles. The molecule has 0 fully saturated rings. The van der Waals surface area contributed by atoms with Crippen molar-refractivity contribution in [2.75, 3.05) is 0 Å². The Bertz CT molecular complexity index is 618. The largest absolute Gasteiger partial charge is 0.0613 e. The zero-order chi connectivity index (χ0) is 14.2. The highest BCUT2D eigenvalue weighted by molar-refractivity contribution is 5.73. The van der Waals surface area contributed by atoms with Crippen molar-refractivity contribution >= 4 is 0 Å². The molecular weight excluding hydrogens is 228 g/mol. The van der Waals surface area contributed by atoms with Crippen LogP contribution in [0.3, 0.4) is 0 Å². The molecule has 0 saturated carbocycles. The van der Waals surface area contributed by atoms with E-state index in [1.807, 2.05) is 0 Å². The first kappa shape index (κ1) is 13.9. The quantitative estimate of drug-likeness (QED) is 0.666. The van der Waals surface area contributed by atoms with E-state index >= 15 is 0 Å². The van der Waals surface area contributed by atoms with Crippen molar-refractivity contribution in [2.45, 2.75) is 48.0 Å². The van der Waals surface area contributed by atoms with Crippen molar-refractivity contribution in [3.8, 4) is 11.1 Å². The molecule has 0 aliphatic heterocycles. The summed E-state index contributed by atoms with van der Waals surface area (Å²) >= 11 is 0. The van der Waals surface area contributed by atoms with Crippen molar-refractivity contribution in [3.05, 3.63) is 57.6 Å². The lowest BCUT2D eigenvalue weighted by Gasteiger charge is -2.15. The van der Waals surface area contributed by atoms with Gasteiger partial charge in [-0.05, 0) is 85.5 Å². The Morgan fingerprint density at radius 2 is 1.05 bits per heavy atom. The van der Waals surface area contributed by atoms with E-state index in [1.54, 1.807) is 0 Å². The van der Waals surface area contributed by atoms with Crippen LogP contribution in [0.1, 0.15) is 40.3 Å². The summed E-state index contributed by atoms with van der Waals surface area (Å²) in [5.41, 5.74) is 11.1. The molecule has 0 N–H and O–H groups in total. The summed E-state index contributed by atoms with van der Waals surface area (Å²) in [6.45, 7) is 13.3. The smallest absolute Gasteiger partial charge is 0.0149 e. The van der Waals surface area contributed by atoms with Crippen molar-refractivity contribution in [2.24, 2.45) is 0 Å². The van der Waals surface area contributed by atoms with E-state index in [0.29, 0.717) is 0 Å². The van der Waals surface area contributed by atoms with E-state index in [1.165, 1.54) is 44.5 Å². The highest BCUT2D eigenvalue weighted by atomic mass is 14.1. The van der Waals surface area contributed by atoms with Crippen LogP contribution in [0.4, 0.5) is 0 Å². The topological polar surface area (TPSA) is 0 Å². The third-order valence-corrected chi connectivity index (χ3v) is 4.19. The molecule has 2 aromatic rings. The molecule has 0 heteroatoms. The lowest BCUT2D eigenvalue weighted by Crippen LogP contribution is -1.95. The average molecular weight is 252 g/mol. The van der Waals surface area contributed by atoms with Crippen LogP contribution in [0.15, 0.2) is 24.3 Å². The summed E-state index contributed by atoms with van der Waals surface area (Å²) in [6, 6.07) is 9.33. The van der Waals surface area contributed by atoms with Crippen LogP contribution in [0.25, 0.3) is 11.1 Å². The maximum absolute atomic E-state index is 2.35. The molecule has 0 atom stereocenters. The van der Waals surface area contributed by atoms with Gasteiger partial charge in [-0.2, -0.15) is 0 Å². The Morgan fingerprint density at radius 1 is 0.579 bits per heavy atom. The number of hydrogen-bond acceptors (Lipinski definition) is 0. The van der Waals surface area contributed by atoms with E-state index in [9.17, 15) is 0 Å². The highest BCUT2D eigenvalue weighted by Gasteiger charge is 2.09. The van der Waals surface area contributed by atoms with Gasteiger partial charge in [0.25, 0.3) is 0 Å². The number of rotatable bonds is 2. The second kappa shape index (κ2) is 5.21. The molecule has 0 spiro atoms. The van der Waals surface area contributed by atoms with Crippen LogP contribution in [-0.4, -0.2) is 0 Å². The van der Waals surface area contributed by atoms with Crippen LogP contribution < -0.4 is 0 Å². The van der Waals surface area contributed by atoms with Gasteiger partial charge in [-0.1, -0.05) is 31.2 Å². The van der Waals surface area contributed by atoms with Gasteiger partial charge in [-0.15, -0.1) is 0 Å². The summed E-state index contributed by atoms with van der Waals surface area (Å²) in [6.07, 6.45) is 1.11. The second-order valence-electron chi connectivity index (χ2n) is 5.70. The van der Waals surface area contributed by atoms with Crippen molar-refractivity contribution in [1.82, 2.24) is 0 Å². The van der Waals surface area contributed by atoms with Crippen molar-refractivity contribution in [3.63, 3.8) is 0 Å². The zero-order valence-electron chi connectivity index (χ0n) is 13.0. The molecule has 0 unspecified atom stereocenters. The Labute approximate surface area is 117 Å². The van der Waals surface area contributed by atoms with Gasteiger partial charge >= 0.3 is 0 Å². The third kappa shape index (κ3) is 2.58. The molecule has 0 nitrogen and oxygen atoms in total. The molecule has 0 amide bonds. The van der Waals surface area contributed by atoms with Gasteiger partial charge in [-0.25, -0.2) is 0 Å². The maximum atomic E-state index is 2.35. The highest BCUT2D eigenvalue weighted by Crippen LogP contribution is 2.31. The van der Waals surface area contributed by atoms with Crippen molar-refractivity contribution < 1.29 is 0 Å². The predicted molar refractivity (Wildman–Crippen MR) is 84.9 cm³/mol. The average Bonchev–Trinajstić information content (AvgIpc) is 2.36. The zero-order valence-corrected chi connectivity index (χ0v) is 13.0. The summed E-state index contributed by atoms with van der Waals surface area (Å²) in [4.78, 5) is 0. The molecule has 2 aromatic carbocycles. The minimum Gasteiger partial charge on any atom is -0.0613 e. The molecule has 100 valence electrons. The molecule has 0 aliphatic rings. The van der Waals surface area contributed by atoms with Gasteiger partial charge in [0, 0.05) is 0 Å². The summed E-state index contributed by atoms with van der Waals surface area (Å²) in [7, 11) is 0. The number of hydrogen-bond donors (Lipinski definition) is 0. The van der Waals surface area contributed by atoms with Gasteiger partial charge in [0.05, 0.1) is 0 Å². The van der Waals surface area contributed by atoms with Gasteiger partial charge in [-0.3, -0.25) is 0 Å².